The van der Waals surface area contributed by atoms with E-state index >= 15 is 0 Å². The molecule has 2 aromatic heterocycles. The minimum absolute atomic E-state index is 0.297. The number of unbranched alkanes of at least 4 members (excludes halogenated alkanes) is 1. The maximum atomic E-state index is 13.7. The van der Waals surface area contributed by atoms with E-state index in [4.69, 9.17) is 15.5 Å². The molecule has 1 aliphatic rings. The Morgan fingerprint density at radius 1 is 1.11 bits per heavy atom. The lowest BCUT2D eigenvalue weighted by atomic mass is 10.1. The van der Waals surface area contributed by atoms with Gasteiger partial charge in [-0.25, -0.2) is 4.39 Å². The molecular weight excluding hydrogens is 443 g/mol. The van der Waals surface area contributed by atoms with Crippen molar-refractivity contribution < 1.29 is 9.13 Å². The largest absolute Gasteiger partial charge is 0.384 e. The van der Waals surface area contributed by atoms with Crippen LogP contribution in [0.15, 0.2) is 42.9 Å². The quantitative estimate of drug-likeness (QED) is 0.518. The number of ether oxygens (including phenoxy) is 1. The van der Waals surface area contributed by atoms with Crippen LogP contribution in [0.2, 0.25) is 0 Å². The van der Waals surface area contributed by atoms with E-state index in [0.29, 0.717) is 25.0 Å². The van der Waals surface area contributed by atoms with Crippen LogP contribution in [0.4, 0.5) is 10.2 Å². The SMILES string of the molecule is CCCC.Cc1c(CNC2CCCOC2)ncc(-c2cnc3ccc(F)cc3c2)cnn(C)c1N. The third-order valence-electron chi connectivity index (χ3n) is 6.09. The summed E-state index contributed by atoms with van der Waals surface area (Å²) in [4.78, 5) is 9.19. The third-order valence-corrected chi connectivity index (χ3v) is 6.09. The number of nitrogens with one attached hydrogen (secondary N) is 1. The molecule has 0 spiro atoms. The lowest BCUT2D eigenvalue weighted by molar-refractivity contribution is 0.0698. The smallest absolute Gasteiger partial charge is 0.124 e. The summed E-state index contributed by atoms with van der Waals surface area (Å²) in [6, 6.07) is 6.73. The topological polar surface area (TPSA) is 90.9 Å². The number of nitrogen functional groups attached to an aromatic ring is 1. The van der Waals surface area contributed by atoms with E-state index in [1.807, 2.05) is 13.0 Å². The van der Waals surface area contributed by atoms with Gasteiger partial charge in [0.15, 0.2) is 0 Å². The first-order valence-electron chi connectivity index (χ1n) is 12.3. The van der Waals surface area contributed by atoms with Crippen molar-refractivity contribution in [3.05, 3.63) is 59.9 Å². The number of fused-ring (bicyclic) bond motifs is 1. The van der Waals surface area contributed by atoms with Gasteiger partial charge in [-0.1, -0.05) is 26.7 Å². The van der Waals surface area contributed by atoms with Crippen molar-refractivity contribution in [3.8, 4) is 11.1 Å². The van der Waals surface area contributed by atoms with Crippen molar-refractivity contribution in [2.45, 2.75) is 59.0 Å². The third kappa shape index (κ3) is 7.44. The highest BCUT2D eigenvalue weighted by Crippen LogP contribution is 2.22. The van der Waals surface area contributed by atoms with Gasteiger partial charge in [-0.2, -0.15) is 5.10 Å². The van der Waals surface area contributed by atoms with Crippen LogP contribution < -0.4 is 11.1 Å². The summed E-state index contributed by atoms with van der Waals surface area (Å²) in [5.74, 6) is 0.235. The van der Waals surface area contributed by atoms with Crippen molar-refractivity contribution in [1.29, 1.82) is 0 Å². The molecule has 3 heterocycles. The van der Waals surface area contributed by atoms with Gasteiger partial charge in [0, 0.05) is 60.7 Å². The van der Waals surface area contributed by atoms with Gasteiger partial charge in [-0.3, -0.25) is 14.6 Å². The Labute approximate surface area is 207 Å². The Bertz CT molecular complexity index is 1170. The second-order valence-corrected chi connectivity index (χ2v) is 8.79. The number of halogens is 1. The van der Waals surface area contributed by atoms with Crippen LogP contribution in [0, 0.1) is 12.7 Å². The standard InChI is InChI=1S/C23H27FN6O.C4H10/c1-15-22(13-26-20-4-3-7-31-14-20)28-11-18(12-29-30(2)23(15)25)17-8-16-9-19(24)5-6-21(16)27-10-17;1-3-4-2/h5-6,8-12,20,26H,3-4,7,13-14,25H2,1-2H3;3-4H2,1-2H3. The minimum atomic E-state index is -0.297. The second-order valence-electron chi connectivity index (χ2n) is 8.79. The van der Waals surface area contributed by atoms with Crippen LogP contribution in [0.1, 0.15) is 50.8 Å². The molecule has 0 saturated carbocycles. The first-order valence-corrected chi connectivity index (χ1v) is 12.3. The molecule has 1 aliphatic heterocycles. The summed E-state index contributed by atoms with van der Waals surface area (Å²) in [7, 11) is 1.80. The summed E-state index contributed by atoms with van der Waals surface area (Å²) in [5.41, 5.74) is 10.3. The normalized spacial score (nSPS) is 15.3. The zero-order valence-electron chi connectivity index (χ0n) is 21.2. The average molecular weight is 481 g/mol. The number of hydrogen-bond donors (Lipinski definition) is 2. The molecule has 35 heavy (non-hydrogen) atoms. The summed E-state index contributed by atoms with van der Waals surface area (Å²) in [6.07, 6.45) is 9.96. The fourth-order valence-electron chi connectivity index (χ4n) is 3.61. The summed E-state index contributed by atoms with van der Waals surface area (Å²) >= 11 is 0. The van der Waals surface area contributed by atoms with Gasteiger partial charge in [0.1, 0.15) is 11.6 Å². The number of nitrogens with two attached hydrogens (primary N) is 1. The number of aromatic nitrogens is 4. The number of benzene rings is 1. The van der Waals surface area contributed by atoms with E-state index in [0.717, 1.165) is 52.7 Å². The predicted molar refractivity (Wildman–Crippen MR) is 140 cm³/mol. The number of pyridine rings is 1. The second kappa shape index (κ2) is 13.1. The maximum Gasteiger partial charge on any atom is 0.124 e. The Morgan fingerprint density at radius 3 is 2.60 bits per heavy atom. The molecule has 1 unspecified atom stereocenters. The predicted octanol–water partition coefficient (Wildman–Crippen LogP) is 5.26. The van der Waals surface area contributed by atoms with E-state index in [9.17, 15) is 4.39 Å². The van der Waals surface area contributed by atoms with Crippen molar-refractivity contribution >= 4 is 16.7 Å². The van der Waals surface area contributed by atoms with Crippen LogP contribution in [0.25, 0.3) is 22.0 Å². The highest BCUT2D eigenvalue weighted by molar-refractivity contribution is 5.83. The van der Waals surface area contributed by atoms with Gasteiger partial charge in [-0.05, 0) is 44.0 Å². The fourth-order valence-corrected chi connectivity index (χ4v) is 3.61. The van der Waals surface area contributed by atoms with E-state index in [-0.39, 0.29) is 5.82 Å². The van der Waals surface area contributed by atoms with E-state index in [1.165, 1.54) is 25.0 Å². The lowest BCUT2D eigenvalue weighted by Gasteiger charge is -2.23. The first kappa shape index (κ1) is 26.5. The van der Waals surface area contributed by atoms with Crippen LogP contribution in [-0.2, 0) is 18.3 Å². The Morgan fingerprint density at radius 2 is 1.89 bits per heavy atom. The molecule has 1 saturated heterocycles. The van der Waals surface area contributed by atoms with Crippen molar-refractivity contribution in [2.75, 3.05) is 18.9 Å². The average Bonchev–Trinajstić information content (AvgIpc) is 2.93. The minimum Gasteiger partial charge on any atom is -0.384 e. The van der Waals surface area contributed by atoms with Gasteiger partial charge in [0.05, 0.1) is 24.0 Å². The molecule has 0 bridgehead atoms. The van der Waals surface area contributed by atoms with Gasteiger partial charge >= 0.3 is 0 Å². The Hall–Kier alpha value is -3.10. The number of hydrogen-bond acceptors (Lipinski definition) is 6. The molecule has 1 atom stereocenters. The van der Waals surface area contributed by atoms with Gasteiger partial charge in [0.25, 0.3) is 0 Å². The molecule has 0 radical (unpaired) electrons. The number of nitrogens with zero attached hydrogens (tertiary/aromatic N) is 4. The van der Waals surface area contributed by atoms with Gasteiger partial charge in [0.2, 0.25) is 0 Å². The van der Waals surface area contributed by atoms with Gasteiger partial charge in [-0.15, -0.1) is 0 Å². The van der Waals surface area contributed by atoms with E-state index in [2.05, 4.69) is 29.2 Å². The van der Waals surface area contributed by atoms with Crippen LogP contribution in [0.5, 0.6) is 0 Å². The molecule has 3 N–H and O–H groups in total. The van der Waals surface area contributed by atoms with Crippen LogP contribution in [-0.4, -0.2) is 39.0 Å². The lowest BCUT2D eigenvalue weighted by Crippen LogP contribution is -2.36. The van der Waals surface area contributed by atoms with E-state index < -0.39 is 0 Å². The molecule has 1 fully saturated rings. The molecule has 4 rings (SSSR count). The van der Waals surface area contributed by atoms with Crippen molar-refractivity contribution in [2.24, 2.45) is 7.05 Å². The number of rotatable bonds is 5. The summed E-state index contributed by atoms with van der Waals surface area (Å²) in [6.45, 7) is 8.40. The Balaban J connectivity index is 0.000000795. The van der Waals surface area contributed by atoms with Gasteiger partial charge < -0.3 is 15.8 Å². The van der Waals surface area contributed by atoms with Crippen LogP contribution >= 0.6 is 0 Å². The molecule has 1 aromatic carbocycles. The molecule has 188 valence electrons. The monoisotopic (exact) mass is 480 g/mol. The molecule has 0 aliphatic carbocycles. The molecule has 7 nitrogen and oxygen atoms in total. The number of anilines is 1. The van der Waals surface area contributed by atoms with Crippen LogP contribution in [0.3, 0.4) is 0 Å². The summed E-state index contributed by atoms with van der Waals surface area (Å²) in [5, 5.41) is 8.70. The first-order chi connectivity index (χ1) is 16.9. The molecule has 0 amide bonds. The molecular formula is C27H37FN6O. The molecule has 3 aromatic rings. The van der Waals surface area contributed by atoms with Crippen molar-refractivity contribution in [3.63, 3.8) is 0 Å². The zero-order valence-corrected chi connectivity index (χ0v) is 21.2. The number of aryl methyl sites for hydroxylation is 1. The van der Waals surface area contributed by atoms with E-state index in [1.54, 1.807) is 36.4 Å². The molecule has 8 heteroatoms. The summed E-state index contributed by atoms with van der Waals surface area (Å²) < 4.78 is 20.9. The fraction of sp³-hybridized carbons (Fsp3) is 0.444. The maximum absolute atomic E-state index is 13.7. The van der Waals surface area contributed by atoms with Crippen molar-refractivity contribution in [1.82, 2.24) is 25.1 Å². The Kier molecular flexibility index (Phi) is 9.93. The highest BCUT2D eigenvalue weighted by Gasteiger charge is 2.14. The highest BCUT2D eigenvalue weighted by atomic mass is 19.1. The zero-order chi connectivity index (χ0) is 25.2.